The molecule has 2 N–H and O–H groups in total. The summed E-state index contributed by atoms with van der Waals surface area (Å²) in [5, 5.41) is 12.4. The van der Waals surface area contributed by atoms with Crippen molar-refractivity contribution in [1.82, 2.24) is 4.90 Å². The highest BCUT2D eigenvalue weighted by Crippen LogP contribution is 2.20. The van der Waals surface area contributed by atoms with Crippen molar-refractivity contribution in [3.8, 4) is 5.75 Å². The van der Waals surface area contributed by atoms with Crippen molar-refractivity contribution in [2.45, 2.75) is 57.0 Å². The fraction of sp³-hybridized carbons (Fsp3) is 0.394. The highest BCUT2D eigenvalue weighted by atomic mass is 32.2. The molecular weight excluding hydrogens is 536 g/mol. The Bertz CT molecular complexity index is 1190. The average Bonchev–Trinajstić information content (AvgIpc) is 2.97. The van der Waals surface area contributed by atoms with E-state index in [9.17, 15) is 14.7 Å². The van der Waals surface area contributed by atoms with Gasteiger partial charge in [-0.15, -0.1) is 11.8 Å². The Kier molecular flexibility index (Phi) is 13.6. The summed E-state index contributed by atoms with van der Waals surface area (Å²) in [7, 11) is 0. The molecule has 0 heterocycles. The number of carbonyl (C=O) groups is 2. The van der Waals surface area contributed by atoms with E-state index in [-0.39, 0.29) is 12.5 Å². The monoisotopic (exact) mass is 578 g/mol. The molecule has 0 saturated heterocycles. The van der Waals surface area contributed by atoms with Crippen molar-refractivity contribution < 1.29 is 24.2 Å². The molecule has 2 amide bonds. The van der Waals surface area contributed by atoms with Gasteiger partial charge in [-0.3, -0.25) is 0 Å². The van der Waals surface area contributed by atoms with E-state index in [1.54, 1.807) is 11.8 Å². The SMILES string of the molecule is CCOC(Cc1ccc(OCCN(CCCCSc2ccccc2)C(=O)Nc2ccc(C(C)C)cc2)cc1)C(=O)O. The molecule has 3 rings (SSSR count). The van der Waals surface area contributed by atoms with Gasteiger partial charge >= 0.3 is 12.0 Å². The molecule has 0 fully saturated rings. The molecule has 0 bridgehead atoms. The second-order valence-corrected chi connectivity index (χ2v) is 11.2. The minimum absolute atomic E-state index is 0.146. The number of aliphatic carboxylic acids is 1. The number of benzene rings is 3. The van der Waals surface area contributed by atoms with E-state index in [0.29, 0.717) is 38.0 Å². The third-order valence-corrected chi connectivity index (χ3v) is 7.67. The van der Waals surface area contributed by atoms with Crippen LogP contribution >= 0.6 is 11.8 Å². The standard InChI is InChI=1S/C33H42N2O5S/c1-4-39-31(32(36)37)24-26-12-18-29(19-13-26)40-22-21-35(20-8-9-23-41-30-10-6-5-7-11-30)33(38)34-28-16-14-27(15-17-28)25(2)3/h5-7,10-19,25,31H,4,8-9,20-24H2,1-3H3,(H,34,38)(H,36,37). The van der Waals surface area contributed by atoms with Crippen LogP contribution in [0.25, 0.3) is 0 Å². The molecule has 0 aromatic heterocycles. The smallest absolute Gasteiger partial charge is 0.333 e. The van der Waals surface area contributed by atoms with Crippen molar-refractivity contribution in [2.75, 3.05) is 37.4 Å². The molecule has 3 aromatic rings. The van der Waals surface area contributed by atoms with Crippen molar-refractivity contribution in [3.05, 3.63) is 90.0 Å². The summed E-state index contributed by atoms with van der Waals surface area (Å²) >= 11 is 1.83. The zero-order chi connectivity index (χ0) is 29.5. The van der Waals surface area contributed by atoms with E-state index in [2.05, 4.69) is 31.3 Å². The van der Waals surface area contributed by atoms with Gasteiger partial charge in [-0.2, -0.15) is 0 Å². The third-order valence-electron chi connectivity index (χ3n) is 6.57. The molecule has 8 heteroatoms. The topological polar surface area (TPSA) is 88.1 Å². The Morgan fingerprint density at radius 1 is 0.927 bits per heavy atom. The van der Waals surface area contributed by atoms with Gasteiger partial charge in [-0.25, -0.2) is 9.59 Å². The zero-order valence-corrected chi connectivity index (χ0v) is 25.1. The number of anilines is 1. The second-order valence-electron chi connectivity index (χ2n) is 10.0. The molecule has 0 aliphatic rings. The Morgan fingerprint density at radius 2 is 1.63 bits per heavy atom. The lowest BCUT2D eigenvalue weighted by molar-refractivity contribution is -0.149. The summed E-state index contributed by atoms with van der Waals surface area (Å²) in [6.07, 6.45) is 1.30. The zero-order valence-electron chi connectivity index (χ0n) is 24.3. The average molecular weight is 579 g/mol. The first-order chi connectivity index (χ1) is 19.9. The number of amides is 2. The maximum Gasteiger partial charge on any atom is 0.333 e. The predicted octanol–water partition coefficient (Wildman–Crippen LogP) is 7.33. The van der Waals surface area contributed by atoms with Gasteiger partial charge in [0.15, 0.2) is 6.10 Å². The molecule has 0 saturated carbocycles. The Labute approximate surface area is 248 Å². The maximum absolute atomic E-state index is 13.2. The van der Waals surface area contributed by atoms with Gasteiger partial charge in [0.05, 0.1) is 6.54 Å². The van der Waals surface area contributed by atoms with Gasteiger partial charge in [0.2, 0.25) is 0 Å². The normalized spacial score (nSPS) is 11.7. The van der Waals surface area contributed by atoms with Crippen molar-refractivity contribution in [2.24, 2.45) is 0 Å². The maximum atomic E-state index is 13.2. The van der Waals surface area contributed by atoms with Gasteiger partial charge in [-0.05, 0) is 79.0 Å². The Morgan fingerprint density at radius 3 is 2.27 bits per heavy atom. The summed E-state index contributed by atoms with van der Waals surface area (Å²) in [6, 6.07) is 25.5. The lowest BCUT2D eigenvalue weighted by Gasteiger charge is -2.23. The van der Waals surface area contributed by atoms with Gasteiger partial charge < -0.3 is 24.8 Å². The first-order valence-corrected chi connectivity index (χ1v) is 15.2. The van der Waals surface area contributed by atoms with Crippen LogP contribution < -0.4 is 10.1 Å². The highest BCUT2D eigenvalue weighted by Gasteiger charge is 2.18. The van der Waals surface area contributed by atoms with Gasteiger partial charge in [-0.1, -0.05) is 56.3 Å². The van der Waals surface area contributed by atoms with Crippen LogP contribution in [0.5, 0.6) is 5.75 Å². The number of nitrogens with one attached hydrogen (secondary N) is 1. The highest BCUT2D eigenvalue weighted by molar-refractivity contribution is 7.99. The minimum Gasteiger partial charge on any atom is -0.492 e. The lowest BCUT2D eigenvalue weighted by Crippen LogP contribution is -2.38. The van der Waals surface area contributed by atoms with E-state index in [0.717, 1.165) is 29.8 Å². The first kappa shape index (κ1) is 32.0. The van der Waals surface area contributed by atoms with E-state index < -0.39 is 12.1 Å². The molecule has 3 aromatic carbocycles. The van der Waals surface area contributed by atoms with Crippen LogP contribution in [0.1, 0.15) is 50.7 Å². The van der Waals surface area contributed by atoms with Crippen LogP contribution in [-0.2, 0) is 16.0 Å². The van der Waals surface area contributed by atoms with Crippen molar-refractivity contribution in [3.63, 3.8) is 0 Å². The molecular formula is C33H42N2O5S. The number of carboxylic acids is 1. The van der Waals surface area contributed by atoms with Gasteiger partial charge in [0.25, 0.3) is 0 Å². The van der Waals surface area contributed by atoms with Crippen LogP contribution in [0.15, 0.2) is 83.8 Å². The van der Waals surface area contributed by atoms with Crippen LogP contribution in [0.4, 0.5) is 10.5 Å². The number of unbranched alkanes of at least 4 members (excludes halogenated alkanes) is 1. The third kappa shape index (κ3) is 11.5. The second kappa shape index (κ2) is 17.4. The summed E-state index contributed by atoms with van der Waals surface area (Å²) in [5.74, 6) is 1.12. The summed E-state index contributed by atoms with van der Waals surface area (Å²) in [4.78, 5) is 27.6. The molecule has 1 unspecified atom stereocenters. The molecule has 220 valence electrons. The minimum atomic E-state index is -0.972. The summed E-state index contributed by atoms with van der Waals surface area (Å²) < 4.78 is 11.3. The quantitative estimate of drug-likeness (QED) is 0.129. The number of carboxylic acid groups (broad SMARTS) is 1. The van der Waals surface area contributed by atoms with E-state index in [1.165, 1.54) is 10.5 Å². The number of nitrogens with zero attached hydrogens (tertiary/aromatic N) is 1. The number of hydrogen-bond donors (Lipinski definition) is 2. The molecule has 7 nitrogen and oxygen atoms in total. The van der Waals surface area contributed by atoms with E-state index >= 15 is 0 Å². The number of carbonyl (C=O) groups excluding carboxylic acids is 1. The summed E-state index contributed by atoms with van der Waals surface area (Å²) in [6.45, 7) is 7.82. The van der Waals surface area contributed by atoms with Crippen LogP contribution in [0.3, 0.4) is 0 Å². The van der Waals surface area contributed by atoms with Crippen molar-refractivity contribution >= 4 is 29.4 Å². The molecule has 41 heavy (non-hydrogen) atoms. The molecule has 0 spiro atoms. The van der Waals surface area contributed by atoms with Crippen LogP contribution in [0.2, 0.25) is 0 Å². The molecule has 0 radical (unpaired) electrons. The number of rotatable bonds is 17. The Hall–Kier alpha value is -3.49. The predicted molar refractivity (Wildman–Crippen MR) is 166 cm³/mol. The summed E-state index contributed by atoms with van der Waals surface area (Å²) in [5.41, 5.74) is 2.86. The number of ether oxygens (including phenoxy) is 2. The fourth-order valence-electron chi connectivity index (χ4n) is 4.21. The van der Waals surface area contributed by atoms with E-state index in [1.807, 2.05) is 78.5 Å². The Balaban J connectivity index is 1.53. The fourth-order valence-corrected chi connectivity index (χ4v) is 5.14. The van der Waals surface area contributed by atoms with Crippen LogP contribution in [0, 0.1) is 0 Å². The van der Waals surface area contributed by atoms with Crippen molar-refractivity contribution in [1.29, 1.82) is 0 Å². The molecule has 1 atom stereocenters. The number of urea groups is 1. The molecule has 0 aliphatic heterocycles. The molecule has 0 aliphatic carbocycles. The number of thioether (sulfide) groups is 1. The first-order valence-electron chi connectivity index (χ1n) is 14.3. The van der Waals surface area contributed by atoms with E-state index in [4.69, 9.17) is 9.47 Å². The van der Waals surface area contributed by atoms with Gasteiger partial charge in [0.1, 0.15) is 12.4 Å². The van der Waals surface area contributed by atoms with Gasteiger partial charge in [0, 0.05) is 30.2 Å². The lowest BCUT2D eigenvalue weighted by atomic mass is 10.0. The van der Waals surface area contributed by atoms with Crippen LogP contribution in [-0.4, -0.2) is 60.2 Å². The largest absolute Gasteiger partial charge is 0.492 e. The number of hydrogen-bond acceptors (Lipinski definition) is 5.